The van der Waals surface area contributed by atoms with Gasteiger partial charge < -0.3 is 14.8 Å². The highest BCUT2D eigenvalue weighted by Gasteiger charge is 2.23. The number of nitrogens with zero attached hydrogens (tertiary/aromatic N) is 3. The van der Waals surface area contributed by atoms with E-state index >= 15 is 0 Å². The molecule has 1 fully saturated rings. The van der Waals surface area contributed by atoms with Gasteiger partial charge in [-0.25, -0.2) is 4.98 Å². The number of aromatic nitrogens is 2. The van der Waals surface area contributed by atoms with Crippen molar-refractivity contribution in [3.8, 4) is 11.1 Å². The van der Waals surface area contributed by atoms with Gasteiger partial charge in [-0.05, 0) is 54.8 Å². The monoisotopic (exact) mass is 464 g/mol. The van der Waals surface area contributed by atoms with Crippen LogP contribution in [0.3, 0.4) is 0 Å². The minimum absolute atomic E-state index is 0.734. The van der Waals surface area contributed by atoms with Crippen LogP contribution in [0.5, 0.6) is 0 Å². The van der Waals surface area contributed by atoms with Crippen LogP contribution in [0.25, 0.3) is 22.2 Å². The van der Waals surface area contributed by atoms with Gasteiger partial charge in [0.15, 0.2) is 0 Å². The number of fused-ring (bicyclic) bond motifs is 1. The molecule has 4 aromatic rings. The Bertz CT molecular complexity index is 1270. The molecule has 3 aromatic carbocycles. The number of piperazine rings is 1. The Morgan fingerprint density at radius 3 is 2.41 bits per heavy atom. The lowest BCUT2D eigenvalue weighted by molar-refractivity contribution is 0.571. The molecule has 4 nitrogen and oxygen atoms in total. The predicted molar refractivity (Wildman–Crippen MR) is 135 cm³/mol. The molecule has 5 rings (SSSR count). The summed E-state index contributed by atoms with van der Waals surface area (Å²) in [7, 11) is 0. The topological polar surface area (TPSA) is 33.1 Å². The number of anilines is 1. The average molecular weight is 465 g/mol. The van der Waals surface area contributed by atoms with Crippen LogP contribution in [0.4, 0.5) is 5.95 Å². The molecule has 0 aliphatic carbocycles. The van der Waals surface area contributed by atoms with Crippen molar-refractivity contribution in [1.29, 1.82) is 0 Å². The van der Waals surface area contributed by atoms with Gasteiger partial charge in [0, 0.05) is 47.4 Å². The van der Waals surface area contributed by atoms with E-state index < -0.39 is 0 Å². The number of benzene rings is 3. The average Bonchev–Trinajstić information content (AvgIpc) is 3.15. The lowest BCUT2D eigenvalue weighted by Crippen LogP contribution is -2.44. The van der Waals surface area contributed by atoms with Crippen LogP contribution in [-0.2, 0) is 6.54 Å². The number of nitrogens with one attached hydrogen (secondary N) is 1. The maximum absolute atomic E-state index is 6.66. The third kappa shape index (κ3) is 3.88. The molecular weight excluding hydrogens is 439 g/mol. The molecule has 0 saturated carbocycles. The molecule has 164 valence electrons. The second-order valence-corrected chi connectivity index (χ2v) is 9.25. The van der Waals surface area contributed by atoms with Crippen LogP contribution in [0.15, 0.2) is 54.6 Å². The number of halogens is 2. The molecule has 1 saturated heterocycles. The first kappa shape index (κ1) is 21.3. The molecule has 0 spiro atoms. The fourth-order valence-electron chi connectivity index (χ4n) is 4.50. The van der Waals surface area contributed by atoms with Crippen LogP contribution in [-0.4, -0.2) is 35.7 Å². The van der Waals surface area contributed by atoms with E-state index in [1.165, 1.54) is 16.7 Å². The van der Waals surface area contributed by atoms with Crippen molar-refractivity contribution in [2.24, 2.45) is 0 Å². The number of hydrogen-bond acceptors (Lipinski definition) is 3. The molecule has 1 N–H and O–H groups in total. The zero-order valence-corrected chi connectivity index (χ0v) is 19.8. The second kappa shape index (κ2) is 8.78. The van der Waals surface area contributed by atoms with Crippen molar-refractivity contribution >= 4 is 40.2 Å². The van der Waals surface area contributed by atoms with Gasteiger partial charge in [-0.1, -0.05) is 53.5 Å². The molecule has 1 aliphatic rings. The lowest BCUT2D eigenvalue weighted by atomic mass is 9.95. The Hall–Kier alpha value is -2.53. The van der Waals surface area contributed by atoms with Crippen LogP contribution in [0.1, 0.15) is 16.7 Å². The first-order valence-electron chi connectivity index (χ1n) is 11.0. The van der Waals surface area contributed by atoms with Gasteiger partial charge >= 0.3 is 0 Å². The number of rotatable bonds is 4. The summed E-state index contributed by atoms with van der Waals surface area (Å²) in [5, 5.41) is 4.94. The Morgan fingerprint density at radius 2 is 1.69 bits per heavy atom. The van der Waals surface area contributed by atoms with E-state index in [0.717, 1.165) is 70.9 Å². The maximum Gasteiger partial charge on any atom is 0.206 e. The number of imidazole rings is 1. The van der Waals surface area contributed by atoms with E-state index in [-0.39, 0.29) is 0 Å². The van der Waals surface area contributed by atoms with Crippen molar-refractivity contribution in [2.45, 2.75) is 20.4 Å². The fraction of sp³-hybridized carbons (Fsp3) is 0.269. The van der Waals surface area contributed by atoms with Gasteiger partial charge in [0.1, 0.15) is 0 Å². The summed E-state index contributed by atoms with van der Waals surface area (Å²) < 4.78 is 2.34. The van der Waals surface area contributed by atoms with Gasteiger partial charge in [-0.2, -0.15) is 0 Å². The highest BCUT2D eigenvalue weighted by molar-refractivity contribution is 6.33. The molecule has 0 radical (unpaired) electrons. The van der Waals surface area contributed by atoms with E-state index in [4.69, 9.17) is 28.2 Å². The highest BCUT2D eigenvalue weighted by Crippen LogP contribution is 2.39. The minimum Gasteiger partial charge on any atom is -0.340 e. The molecule has 1 aliphatic heterocycles. The third-order valence-corrected chi connectivity index (χ3v) is 6.92. The fourth-order valence-corrected chi connectivity index (χ4v) is 4.86. The standard InChI is InChI=1S/C26H26Cl2N4/c1-17-15-23-25(24(18(17)2)21-5-3-4-6-22(21)28)30-26(31-13-11-29-12-14-31)32(23)16-19-7-9-20(27)10-8-19/h3-10,15,29H,11-14,16H2,1-2H3. The molecule has 6 heteroatoms. The van der Waals surface area contributed by atoms with Crippen LogP contribution < -0.4 is 10.2 Å². The normalized spacial score (nSPS) is 14.3. The zero-order valence-electron chi connectivity index (χ0n) is 18.3. The Morgan fingerprint density at radius 1 is 0.969 bits per heavy atom. The van der Waals surface area contributed by atoms with Gasteiger partial charge in [0.25, 0.3) is 0 Å². The lowest BCUT2D eigenvalue weighted by Gasteiger charge is -2.29. The Balaban J connectivity index is 1.76. The molecule has 0 bridgehead atoms. The van der Waals surface area contributed by atoms with E-state index in [1.54, 1.807) is 0 Å². The van der Waals surface area contributed by atoms with Crippen LogP contribution in [0.2, 0.25) is 10.0 Å². The molecule has 2 heterocycles. The SMILES string of the molecule is Cc1cc2c(nc(N3CCNCC3)n2Cc2ccc(Cl)cc2)c(-c2ccccc2Cl)c1C. The molecule has 0 amide bonds. The van der Waals surface area contributed by atoms with E-state index in [9.17, 15) is 0 Å². The molecule has 32 heavy (non-hydrogen) atoms. The second-order valence-electron chi connectivity index (χ2n) is 8.40. The first-order valence-corrected chi connectivity index (χ1v) is 11.7. The predicted octanol–water partition coefficient (Wildman–Crippen LogP) is 6.08. The quantitative estimate of drug-likeness (QED) is 0.396. The largest absolute Gasteiger partial charge is 0.340 e. The molecule has 1 aromatic heterocycles. The summed E-state index contributed by atoms with van der Waals surface area (Å²) in [5.41, 5.74) is 7.93. The summed E-state index contributed by atoms with van der Waals surface area (Å²) in [5.74, 6) is 1.01. The van der Waals surface area contributed by atoms with Crippen molar-refractivity contribution in [3.05, 3.63) is 81.3 Å². The van der Waals surface area contributed by atoms with Gasteiger partial charge in [-0.15, -0.1) is 0 Å². The number of aryl methyl sites for hydroxylation is 1. The highest BCUT2D eigenvalue weighted by atomic mass is 35.5. The maximum atomic E-state index is 6.66. The van der Waals surface area contributed by atoms with E-state index in [0.29, 0.717) is 0 Å². The van der Waals surface area contributed by atoms with E-state index in [1.807, 2.05) is 30.3 Å². The molecule has 0 atom stereocenters. The van der Waals surface area contributed by atoms with Gasteiger partial charge in [0.2, 0.25) is 5.95 Å². The Kier molecular flexibility index (Phi) is 5.85. The Labute approximate surface area is 198 Å². The zero-order chi connectivity index (χ0) is 22.2. The van der Waals surface area contributed by atoms with E-state index in [2.05, 4.69) is 52.9 Å². The minimum atomic E-state index is 0.734. The number of hydrogen-bond donors (Lipinski definition) is 1. The summed E-state index contributed by atoms with van der Waals surface area (Å²) in [6, 6.07) is 18.4. The van der Waals surface area contributed by atoms with Crippen molar-refractivity contribution in [3.63, 3.8) is 0 Å². The molecular formula is C26H26Cl2N4. The summed E-state index contributed by atoms with van der Waals surface area (Å²) >= 11 is 12.8. The van der Waals surface area contributed by atoms with Crippen LogP contribution in [0, 0.1) is 13.8 Å². The third-order valence-electron chi connectivity index (χ3n) is 6.34. The first-order chi connectivity index (χ1) is 15.5. The summed E-state index contributed by atoms with van der Waals surface area (Å²) in [6.07, 6.45) is 0. The van der Waals surface area contributed by atoms with Crippen molar-refractivity contribution in [2.75, 3.05) is 31.1 Å². The van der Waals surface area contributed by atoms with Crippen molar-refractivity contribution < 1.29 is 0 Å². The molecule has 0 unspecified atom stereocenters. The van der Waals surface area contributed by atoms with Gasteiger partial charge in [-0.3, -0.25) is 0 Å². The van der Waals surface area contributed by atoms with Gasteiger partial charge in [0.05, 0.1) is 17.6 Å². The van der Waals surface area contributed by atoms with Crippen LogP contribution >= 0.6 is 23.2 Å². The summed E-state index contributed by atoms with van der Waals surface area (Å²) in [4.78, 5) is 7.63. The smallest absolute Gasteiger partial charge is 0.206 e. The van der Waals surface area contributed by atoms with Crippen molar-refractivity contribution in [1.82, 2.24) is 14.9 Å². The summed E-state index contributed by atoms with van der Waals surface area (Å²) in [6.45, 7) is 8.85.